The van der Waals surface area contributed by atoms with E-state index in [-0.39, 0.29) is 17.6 Å². The Bertz CT molecular complexity index is 2650. The number of nitriles is 1. The summed E-state index contributed by atoms with van der Waals surface area (Å²) in [6.07, 6.45) is -8.87. The van der Waals surface area contributed by atoms with Gasteiger partial charge in [-0.15, -0.1) is 13.2 Å². The predicted molar refractivity (Wildman–Crippen MR) is 313 cm³/mol. The summed E-state index contributed by atoms with van der Waals surface area (Å²) in [7, 11) is 0. The van der Waals surface area contributed by atoms with Crippen LogP contribution in [-0.2, 0) is 6.18 Å². The molecule has 3 nitrogen and oxygen atoms in total. The molecule has 9 heteroatoms. The summed E-state index contributed by atoms with van der Waals surface area (Å²) < 4.78 is 77.8. The van der Waals surface area contributed by atoms with Crippen LogP contribution >= 0.6 is 0 Å². The predicted octanol–water partition coefficient (Wildman–Crippen LogP) is 22.5. The molecule has 0 aliphatic rings. The smallest absolute Gasteiger partial charge is 0.406 e. The van der Waals surface area contributed by atoms with Gasteiger partial charge in [-0.2, -0.15) is 18.4 Å². The Hall–Kier alpha value is -6.32. The van der Waals surface area contributed by atoms with E-state index in [2.05, 4.69) is 159 Å². The van der Waals surface area contributed by atoms with Crippen molar-refractivity contribution in [3.05, 3.63) is 210 Å². The maximum atomic E-state index is 12.6. The quantitative estimate of drug-likeness (QED) is 0.113. The summed E-state index contributed by atoms with van der Waals surface area (Å²) in [4.78, 5) is 3.32. The van der Waals surface area contributed by atoms with E-state index in [1.807, 2.05) is 59.7 Å². The third kappa shape index (κ3) is 26.1. The van der Waals surface area contributed by atoms with Gasteiger partial charge in [-0.1, -0.05) is 210 Å². The van der Waals surface area contributed by atoms with Crippen LogP contribution in [-0.4, -0.2) is 6.36 Å². The van der Waals surface area contributed by atoms with Gasteiger partial charge in [0.15, 0.2) is 5.69 Å². The first-order valence-corrected chi connectivity index (χ1v) is 26.7. The third-order valence-corrected chi connectivity index (χ3v) is 12.4. The van der Waals surface area contributed by atoms with Crippen LogP contribution < -0.4 is 4.74 Å². The molecular formula is C68H88F6N2O. The number of aryl methyl sites for hydroxylation is 7. The van der Waals surface area contributed by atoms with Gasteiger partial charge < -0.3 is 4.74 Å². The second kappa shape index (κ2) is 31.8. The SMILES string of the molecule is CC(C)c1ccc(C(C)C)cc1.Cc1cc(C(C)C)cc(C)c1C(F)(F)F.Cc1cc(C)cc(C(C)C)c1.Cc1cc(C)cc(C(C)C)c1.Cc1cc(OC(F)(F)F)cc(C(C)C)c1.[C-]#[N+]c1cc(C#N)cc(C(C)C)c1. The molecular weight excluding hydrogens is 975 g/mol. The lowest BCUT2D eigenvalue weighted by molar-refractivity contribution is -0.274. The summed E-state index contributed by atoms with van der Waals surface area (Å²) in [6, 6.07) is 37.6. The second-order valence-electron chi connectivity index (χ2n) is 22.3. The summed E-state index contributed by atoms with van der Waals surface area (Å²) in [6.45, 7) is 50.0. The first-order chi connectivity index (χ1) is 35.5. The molecule has 0 bridgehead atoms. The number of nitrogens with zero attached hydrogens (tertiary/aromatic N) is 2. The normalized spacial score (nSPS) is 11.1. The zero-order valence-electron chi connectivity index (χ0n) is 50.0. The van der Waals surface area contributed by atoms with Gasteiger partial charge in [0.25, 0.3) is 0 Å². The van der Waals surface area contributed by atoms with E-state index in [1.54, 1.807) is 25.1 Å². The van der Waals surface area contributed by atoms with Crippen LogP contribution in [0.2, 0.25) is 0 Å². The van der Waals surface area contributed by atoms with Crippen LogP contribution in [0.5, 0.6) is 5.75 Å². The standard InChI is InChI=1S/C12H15F3.C12H18.C11H13F3O.C11H10N2.2C11H16/c1-7(2)10-5-8(3)11(9(4)6-10)12(13,14)15;1-9(2)11-5-7-12(8-6-11)10(3)4;1-7(2)9-4-8(3)5-10(6-9)15-11(12,13)14;1-8(2)10-4-9(7-12)5-11(6-10)13-3;2*1-8(2)11-6-9(3)5-10(4)7-11/h5-7H,1-4H3;5-10H,1-4H3;4-7H,1-3H3;4-6,8H,1-2H3;2*5-8H,1-4H3. The first-order valence-electron chi connectivity index (χ1n) is 26.7. The highest BCUT2D eigenvalue weighted by Gasteiger charge is 2.34. The molecule has 0 aromatic heterocycles. The lowest BCUT2D eigenvalue weighted by atomic mass is 9.94. The molecule has 0 heterocycles. The molecule has 0 fully saturated rings. The Morgan fingerprint density at radius 3 is 0.987 bits per heavy atom. The van der Waals surface area contributed by atoms with Crippen molar-refractivity contribution in [3.8, 4) is 11.8 Å². The Balaban J connectivity index is 0.000000464. The van der Waals surface area contributed by atoms with E-state index < -0.39 is 18.1 Å². The molecule has 0 aliphatic heterocycles. The van der Waals surface area contributed by atoms with Crippen molar-refractivity contribution < 1.29 is 31.1 Å². The average molecular weight is 1060 g/mol. The Labute approximate surface area is 461 Å². The van der Waals surface area contributed by atoms with E-state index in [0.29, 0.717) is 52.0 Å². The molecule has 0 saturated heterocycles. The third-order valence-electron chi connectivity index (χ3n) is 12.4. The number of benzene rings is 6. The zero-order valence-corrected chi connectivity index (χ0v) is 50.0. The lowest BCUT2D eigenvalue weighted by Crippen LogP contribution is -2.17. The van der Waals surface area contributed by atoms with Gasteiger partial charge in [0.2, 0.25) is 0 Å². The summed E-state index contributed by atoms with van der Waals surface area (Å²) in [5, 5.41) is 8.71. The Morgan fingerprint density at radius 2 is 0.701 bits per heavy atom. The van der Waals surface area contributed by atoms with Crippen molar-refractivity contribution >= 4 is 5.69 Å². The first kappa shape index (κ1) is 68.7. The highest BCUT2D eigenvalue weighted by atomic mass is 19.4. The van der Waals surface area contributed by atoms with Crippen molar-refractivity contribution in [2.75, 3.05) is 0 Å². The number of rotatable bonds is 8. The summed E-state index contributed by atoms with van der Waals surface area (Å²) >= 11 is 0. The molecule has 0 aliphatic carbocycles. The largest absolute Gasteiger partial charge is 0.573 e. The molecule has 0 saturated carbocycles. The molecule has 0 atom stereocenters. The van der Waals surface area contributed by atoms with Crippen molar-refractivity contribution in [1.29, 1.82) is 5.26 Å². The van der Waals surface area contributed by atoms with Gasteiger partial charge in [-0.3, -0.25) is 0 Å². The highest BCUT2D eigenvalue weighted by Crippen LogP contribution is 2.36. The minimum Gasteiger partial charge on any atom is -0.406 e. The number of hydrogen-bond acceptors (Lipinski definition) is 2. The maximum Gasteiger partial charge on any atom is 0.573 e. The zero-order chi connectivity index (χ0) is 59.3. The van der Waals surface area contributed by atoms with Gasteiger partial charge in [-0.25, -0.2) is 4.85 Å². The molecule has 6 aromatic rings. The van der Waals surface area contributed by atoms with Crippen LogP contribution in [0, 0.1) is 66.4 Å². The molecule has 0 radical (unpaired) electrons. The molecule has 418 valence electrons. The summed E-state index contributed by atoms with van der Waals surface area (Å²) in [5.41, 5.74) is 16.1. The van der Waals surface area contributed by atoms with E-state index in [9.17, 15) is 26.3 Å². The minimum atomic E-state index is -4.62. The monoisotopic (exact) mass is 1060 g/mol. The lowest BCUT2D eigenvalue weighted by Gasteiger charge is -2.16. The van der Waals surface area contributed by atoms with Crippen LogP contribution in [0.4, 0.5) is 32.0 Å². The van der Waals surface area contributed by atoms with E-state index in [4.69, 9.17) is 11.8 Å². The van der Waals surface area contributed by atoms with E-state index >= 15 is 0 Å². The number of hydrogen-bond donors (Lipinski definition) is 0. The molecule has 0 amide bonds. The van der Waals surface area contributed by atoms with Crippen molar-refractivity contribution in [2.24, 2.45) is 0 Å². The minimum absolute atomic E-state index is 0.147. The summed E-state index contributed by atoms with van der Waals surface area (Å²) in [5.74, 6) is 3.23. The maximum absolute atomic E-state index is 12.6. The van der Waals surface area contributed by atoms with Crippen LogP contribution in [0.1, 0.15) is 227 Å². The van der Waals surface area contributed by atoms with Gasteiger partial charge in [0, 0.05) is 5.56 Å². The van der Waals surface area contributed by atoms with Crippen LogP contribution in [0.3, 0.4) is 0 Å². The highest BCUT2D eigenvalue weighted by molar-refractivity contribution is 5.53. The van der Waals surface area contributed by atoms with Gasteiger partial charge in [0.1, 0.15) is 5.75 Å². The van der Waals surface area contributed by atoms with Crippen molar-refractivity contribution in [1.82, 2.24) is 0 Å². The fourth-order valence-corrected chi connectivity index (χ4v) is 8.13. The molecule has 0 spiro atoms. The number of halogens is 6. The van der Waals surface area contributed by atoms with Crippen LogP contribution in [0.15, 0.2) is 109 Å². The second-order valence-corrected chi connectivity index (χ2v) is 22.3. The Kier molecular flexibility index (Phi) is 28.4. The molecule has 0 unspecified atom stereocenters. The topological polar surface area (TPSA) is 37.4 Å². The van der Waals surface area contributed by atoms with Gasteiger partial charge >= 0.3 is 12.5 Å². The molecule has 6 rings (SSSR count). The average Bonchev–Trinajstić information content (AvgIpc) is 3.30. The molecule has 0 N–H and O–H groups in total. The number of ether oxygens (including phenoxy) is 1. The van der Waals surface area contributed by atoms with Crippen LogP contribution in [0.25, 0.3) is 4.85 Å². The van der Waals surface area contributed by atoms with E-state index in [1.165, 1.54) is 70.5 Å². The fraction of sp³-hybridized carbons (Fsp3) is 0.441. The molecule has 6 aromatic carbocycles. The van der Waals surface area contributed by atoms with Gasteiger partial charge in [0.05, 0.1) is 18.2 Å². The van der Waals surface area contributed by atoms with Crippen molar-refractivity contribution in [3.63, 3.8) is 0 Å². The van der Waals surface area contributed by atoms with Gasteiger partial charge in [-0.05, 0) is 164 Å². The fourth-order valence-electron chi connectivity index (χ4n) is 8.13. The van der Waals surface area contributed by atoms with E-state index in [0.717, 1.165) is 22.3 Å². The Morgan fingerprint density at radius 1 is 0.403 bits per heavy atom. The molecule has 77 heavy (non-hydrogen) atoms. The van der Waals surface area contributed by atoms with Crippen molar-refractivity contribution in [2.45, 2.75) is 199 Å². The number of alkyl halides is 6.